The van der Waals surface area contributed by atoms with E-state index in [1.165, 1.54) is 0 Å². The number of aliphatic imine (C=N–C) groups is 1. The normalized spacial score (nSPS) is 30.3. The summed E-state index contributed by atoms with van der Waals surface area (Å²) in [5.41, 5.74) is 0. The third-order valence-electron chi connectivity index (χ3n) is 4.50. The van der Waals surface area contributed by atoms with E-state index in [0.717, 1.165) is 31.6 Å². The van der Waals surface area contributed by atoms with E-state index < -0.39 is 9.84 Å². The summed E-state index contributed by atoms with van der Waals surface area (Å²) < 4.78 is 23.1. The second-order valence-electron chi connectivity index (χ2n) is 7.15. The van der Waals surface area contributed by atoms with Crippen LogP contribution in [-0.4, -0.2) is 45.0 Å². The van der Waals surface area contributed by atoms with Crippen molar-refractivity contribution in [3.63, 3.8) is 0 Å². The van der Waals surface area contributed by atoms with Crippen molar-refractivity contribution in [2.45, 2.75) is 45.6 Å². The SMILES string of the molecule is CC(C)CN=C(NCC1CCS(=O)(=O)C1)NC1CCCC1C#N. The lowest BCUT2D eigenvalue weighted by molar-refractivity contribution is 0.516. The smallest absolute Gasteiger partial charge is 0.191 e. The van der Waals surface area contributed by atoms with Gasteiger partial charge in [0, 0.05) is 19.1 Å². The third kappa shape index (κ3) is 5.69. The lowest BCUT2D eigenvalue weighted by Gasteiger charge is -2.21. The number of guanidine groups is 1. The fourth-order valence-electron chi connectivity index (χ4n) is 3.16. The minimum atomic E-state index is -2.85. The second-order valence-corrected chi connectivity index (χ2v) is 9.38. The molecule has 3 atom stereocenters. The Kier molecular flexibility index (Phi) is 6.28. The average Bonchev–Trinajstić information content (AvgIpc) is 3.07. The van der Waals surface area contributed by atoms with Gasteiger partial charge in [0.05, 0.1) is 23.5 Å². The number of hydrogen-bond acceptors (Lipinski definition) is 4. The highest BCUT2D eigenvalue weighted by atomic mass is 32.2. The Morgan fingerprint density at radius 3 is 2.74 bits per heavy atom. The van der Waals surface area contributed by atoms with E-state index in [2.05, 4.69) is 35.5 Å². The molecule has 2 N–H and O–H groups in total. The number of sulfone groups is 1. The molecular formula is C16H28N4O2S. The van der Waals surface area contributed by atoms with Crippen LogP contribution in [0.15, 0.2) is 4.99 Å². The monoisotopic (exact) mass is 340 g/mol. The molecule has 2 rings (SSSR count). The van der Waals surface area contributed by atoms with Gasteiger partial charge in [0.2, 0.25) is 0 Å². The maximum atomic E-state index is 11.6. The number of nitrogens with zero attached hydrogens (tertiary/aromatic N) is 2. The van der Waals surface area contributed by atoms with Gasteiger partial charge in [-0.3, -0.25) is 4.99 Å². The lowest BCUT2D eigenvalue weighted by atomic mass is 10.1. The molecule has 0 radical (unpaired) electrons. The summed E-state index contributed by atoms with van der Waals surface area (Å²) in [4.78, 5) is 4.59. The number of rotatable bonds is 5. The van der Waals surface area contributed by atoms with Crippen LogP contribution in [0.5, 0.6) is 0 Å². The third-order valence-corrected chi connectivity index (χ3v) is 6.34. The Morgan fingerprint density at radius 1 is 1.35 bits per heavy atom. The van der Waals surface area contributed by atoms with Gasteiger partial charge in [-0.1, -0.05) is 13.8 Å². The van der Waals surface area contributed by atoms with Crippen molar-refractivity contribution in [3.05, 3.63) is 0 Å². The quantitative estimate of drug-likeness (QED) is 0.581. The molecule has 0 aromatic rings. The van der Waals surface area contributed by atoms with Gasteiger partial charge in [0.1, 0.15) is 0 Å². The van der Waals surface area contributed by atoms with E-state index in [-0.39, 0.29) is 23.6 Å². The number of nitrogens with one attached hydrogen (secondary N) is 2. The van der Waals surface area contributed by atoms with Crippen molar-refractivity contribution in [3.8, 4) is 6.07 Å². The summed E-state index contributed by atoms with van der Waals surface area (Å²) in [5, 5.41) is 15.9. The lowest BCUT2D eigenvalue weighted by Crippen LogP contribution is -2.46. The van der Waals surface area contributed by atoms with E-state index in [1.54, 1.807) is 0 Å². The van der Waals surface area contributed by atoms with Crippen molar-refractivity contribution in [2.24, 2.45) is 22.7 Å². The van der Waals surface area contributed by atoms with Crippen LogP contribution in [0.2, 0.25) is 0 Å². The summed E-state index contributed by atoms with van der Waals surface area (Å²) in [7, 11) is -2.85. The summed E-state index contributed by atoms with van der Waals surface area (Å²) in [5.74, 6) is 1.92. The van der Waals surface area contributed by atoms with Crippen molar-refractivity contribution in [2.75, 3.05) is 24.6 Å². The molecule has 1 heterocycles. The first kappa shape index (κ1) is 18.1. The molecule has 2 fully saturated rings. The summed E-state index contributed by atoms with van der Waals surface area (Å²) in [6.45, 7) is 5.55. The molecule has 0 bridgehead atoms. The zero-order valence-electron chi connectivity index (χ0n) is 14.1. The first-order chi connectivity index (χ1) is 10.9. The zero-order chi connectivity index (χ0) is 16.9. The maximum absolute atomic E-state index is 11.6. The minimum absolute atomic E-state index is 0.0351. The molecule has 1 saturated carbocycles. The van der Waals surface area contributed by atoms with Gasteiger partial charge in [-0.25, -0.2) is 8.42 Å². The van der Waals surface area contributed by atoms with Crippen molar-refractivity contribution < 1.29 is 8.42 Å². The molecule has 7 heteroatoms. The van der Waals surface area contributed by atoms with Crippen LogP contribution in [0.4, 0.5) is 0 Å². The maximum Gasteiger partial charge on any atom is 0.191 e. The Labute approximate surface area is 139 Å². The van der Waals surface area contributed by atoms with Crippen LogP contribution in [0.25, 0.3) is 0 Å². The molecule has 23 heavy (non-hydrogen) atoms. The highest BCUT2D eigenvalue weighted by Gasteiger charge is 2.30. The van der Waals surface area contributed by atoms with Gasteiger partial charge in [-0.15, -0.1) is 0 Å². The minimum Gasteiger partial charge on any atom is -0.356 e. The molecule has 1 saturated heterocycles. The average molecular weight is 340 g/mol. The Balaban J connectivity index is 1.92. The summed E-state index contributed by atoms with van der Waals surface area (Å²) in [6, 6.07) is 2.51. The highest BCUT2D eigenvalue weighted by Crippen LogP contribution is 2.24. The van der Waals surface area contributed by atoms with Crippen LogP contribution >= 0.6 is 0 Å². The zero-order valence-corrected chi connectivity index (χ0v) is 14.9. The molecule has 1 aliphatic carbocycles. The summed E-state index contributed by atoms with van der Waals surface area (Å²) >= 11 is 0. The largest absolute Gasteiger partial charge is 0.356 e. The fourth-order valence-corrected chi connectivity index (χ4v) is 5.03. The standard InChI is InChI=1S/C16H28N4O2S/c1-12(2)9-18-16(20-15-5-3-4-14(15)8-17)19-10-13-6-7-23(21,22)11-13/h12-15H,3-7,9-11H2,1-2H3,(H2,18,19,20). The van der Waals surface area contributed by atoms with Gasteiger partial charge in [-0.2, -0.15) is 5.26 Å². The molecule has 3 unspecified atom stereocenters. The van der Waals surface area contributed by atoms with Crippen LogP contribution in [0, 0.1) is 29.1 Å². The number of nitriles is 1. The molecule has 2 aliphatic rings. The number of hydrogen-bond donors (Lipinski definition) is 2. The van der Waals surface area contributed by atoms with E-state index in [0.29, 0.717) is 24.8 Å². The van der Waals surface area contributed by atoms with Crippen LogP contribution in [-0.2, 0) is 9.84 Å². The van der Waals surface area contributed by atoms with E-state index in [1.807, 2.05) is 0 Å². The van der Waals surface area contributed by atoms with Crippen molar-refractivity contribution in [1.29, 1.82) is 5.26 Å². The fraction of sp³-hybridized carbons (Fsp3) is 0.875. The topological polar surface area (TPSA) is 94.3 Å². The van der Waals surface area contributed by atoms with E-state index in [4.69, 9.17) is 0 Å². The second kappa shape index (κ2) is 8.00. The van der Waals surface area contributed by atoms with Crippen molar-refractivity contribution in [1.82, 2.24) is 10.6 Å². The van der Waals surface area contributed by atoms with Gasteiger partial charge in [0.25, 0.3) is 0 Å². The molecule has 0 aromatic heterocycles. The van der Waals surface area contributed by atoms with Gasteiger partial charge >= 0.3 is 0 Å². The molecule has 130 valence electrons. The molecule has 0 amide bonds. The van der Waals surface area contributed by atoms with Gasteiger partial charge in [0.15, 0.2) is 15.8 Å². The van der Waals surface area contributed by atoms with Crippen molar-refractivity contribution >= 4 is 15.8 Å². The molecule has 0 spiro atoms. The predicted octanol–water partition coefficient (Wildman–Crippen LogP) is 1.30. The summed E-state index contributed by atoms with van der Waals surface area (Å²) in [6.07, 6.45) is 3.70. The Bertz CT molecular complexity index is 565. The van der Waals surface area contributed by atoms with Gasteiger partial charge < -0.3 is 10.6 Å². The Hall–Kier alpha value is -1.29. The van der Waals surface area contributed by atoms with Crippen LogP contribution < -0.4 is 10.6 Å². The first-order valence-electron chi connectivity index (χ1n) is 8.54. The highest BCUT2D eigenvalue weighted by molar-refractivity contribution is 7.91. The Morgan fingerprint density at radius 2 is 2.13 bits per heavy atom. The molecule has 0 aromatic carbocycles. The molecule has 6 nitrogen and oxygen atoms in total. The van der Waals surface area contributed by atoms with E-state index in [9.17, 15) is 13.7 Å². The molecular weight excluding hydrogens is 312 g/mol. The van der Waals surface area contributed by atoms with Crippen LogP contribution in [0.3, 0.4) is 0 Å². The molecule has 1 aliphatic heterocycles. The van der Waals surface area contributed by atoms with Crippen LogP contribution in [0.1, 0.15) is 39.5 Å². The van der Waals surface area contributed by atoms with Gasteiger partial charge in [-0.05, 0) is 37.5 Å². The first-order valence-corrected chi connectivity index (χ1v) is 10.4. The van der Waals surface area contributed by atoms with E-state index >= 15 is 0 Å². The predicted molar refractivity (Wildman–Crippen MR) is 91.8 cm³/mol.